The maximum absolute atomic E-state index is 12.7. The average molecular weight is 369 g/mol. The Kier molecular flexibility index (Phi) is 6.19. The number of carbonyl (C=O) groups excluding carboxylic acids is 1. The molecule has 0 radical (unpaired) electrons. The molecule has 2 fully saturated rings. The van der Waals surface area contributed by atoms with E-state index in [1.165, 1.54) is 0 Å². The largest absolute Gasteiger partial charge is 0.416 e. The zero-order chi connectivity index (χ0) is 18.6. The molecule has 144 valence electrons. The van der Waals surface area contributed by atoms with Crippen molar-refractivity contribution in [1.29, 1.82) is 0 Å². The summed E-state index contributed by atoms with van der Waals surface area (Å²) in [6.07, 6.45) is -0.277. The highest BCUT2D eigenvalue weighted by atomic mass is 19.4. The molecule has 0 saturated carbocycles. The number of rotatable bonds is 3. The summed E-state index contributed by atoms with van der Waals surface area (Å²) in [5.41, 5.74) is 0.251. The highest BCUT2D eigenvalue weighted by molar-refractivity contribution is 5.82. The van der Waals surface area contributed by atoms with E-state index in [9.17, 15) is 18.0 Å². The molecule has 2 heterocycles. The highest BCUT2D eigenvalue weighted by Crippen LogP contribution is 2.29. The standard InChI is InChI=1S/C19H26F3N3O/c20-19(21,22)16-7-5-15(6-8-16)14-24-10-3-11-25(13-12-24)18(26)17-4-1-2-9-23-17/h5-8,17,23H,1-4,9-14H2/t17-/m1/s1. The van der Waals surface area contributed by atoms with Crippen LogP contribution in [-0.4, -0.2) is 54.5 Å². The molecule has 7 heteroatoms. The topological polar surface area (TPSA) is 35.6 Å². The molecular weight excluding hydrogens is 343 g/mol. The van der Waals surface area contributed by atoms with E-state index in [1.54, 1.807) is 12.1 Å². The molecule has 4 nitrogen and oxygen atoms in total. The van der Waals surface area contributed by atoms with Gasteiger partial charge in [-0.15, -0.1) is 0 Å². The third-order valence-corrected chi connectivity index (χ3v) is 5.20. The van der Waals surface area contributed by atoms with Crippen LogP contribution in [0.5, 0.6) is 0 Å². The molecule has 1 amide bonds. The van der Waals surface area contributed by atoms with Crippen LogP contribution in [0.4, 0.5) is 13.2 Å². The lowest BCUT2D eigenvalue weighted by atomic mass is 10.0. The molecule has 0 bridgehead atoms. The summed E-state index contributed by atoms with van der Waals surface area (Å²) in [6.45, 7) is 4.55. The molecule has 0 aliphatic carbocycles. The van der Waals surface area contributed by atoms with Gasteiger partial charge >= 0.3 is 6.18 Å². The van der Waals surface area contributed by atoms with Crippen LogP contribution in [0, 0.1) is 0 Å². The minimum absolute atomic E-state index is 0.0507. The van der Waals surface area contributed by atoms with Gasteiger partial charge in [0, 0.05) is 32.7 Å². The van der Waals surface area contributed by atoms with Crippen molar-refractivity contribution in [2.24, 2.45) is 0 Å². The number of nitrogens with one attached hydrogen (secondary N) is 1. The van der Waals surface area contributed by atoms with Crippen LogP contribution in [0.3, 0.4) is 0 Å². The first-order valence-electron chi connectivity index (χ1n) is 9.34. The quantitative estimate of drug-likeness (QED) is 0.890. The molecule has 0 spiro atoms. The Morgan fingerprint density at radius 1 is 1.04 bits per heavy atom. The summed E-state index contributed by atoms with van der Waals surface area (Å²) < 4.78 is 38.0. The van der Waals surface area contributed by atoms with Gasteiger partial charge in [0.15, 0.2) is 0 Å². The first-order chi connectivity index (χ1) is 12.4. The summed E-state index contributed by atoms with van der Waals surface area (Å²) in [5, 5.41) is 3.31. The van der Waals surface area contributed by atoms with Gasteiger partial charge in [-0.25, -0.2) is 0 Å². The van der Waals surface area contributed by atoms with Crippen LogP contribution >= 0.6 is 0 Å². The Hall–Kier alpha value is -1.60. The van der Waals surface area contributed by atoms with E-state index in [0.717, 1.165) is 69.6 Å². The summed E-state index contributed by atoms with van der Waals surface area (Å²) in [7, 11) is 0. The Bertz CT molecular complexity index is 597. The van der Waals surface area contributed by atoms with Crippen molar-refractivity contribution in [3.63, 3.8) is 0 Å². The summed E-state index contributed by atoms with van der Waals surface area (Å²) in [5.74, 6) is 0.195. The number of hydrogen-bond acceptors (Lipinski definition) is 3. The van der Waals surface area contributed by atoms with Gasteiger partial charge in [0.05, 0.1) is 11.6 Å². The molecule has 1 aromatic rings. The number of benzene rings is 1. The molecule has 0 aromatic heterocycles. The van der Waals surface area contributed by atoms with Gasteiger partial charge in [-0.3, -0.25) is 9.69 Å². The molecule has 1 atom stereocenters. The first-order valence-corrected chi connectivity index (χ1v) is 9.34. The number of amides is 1. The SMILES string of the molecule is O=C([C@H]1CCCCN1)N1CCCN(Cc2ccc(C(F)(F)F)cc2)CC1. The van der Waals surface area contributed by atoms with Crippen LogP contribution in [0.15, 0.2) is 24.3 Å². The van der Waals surface area contributed by atoms with Crippen LogP contribution in [0.2, 0.25) is 0 Å². The number of piperidine rings is 1. The smallest absolute Gasteiger partial charge is 0.340 e. The number of hydrogen-bond donors (Lipinski definition) is 1. The summed E-state index contributed by atoms with van der Waals surface area (Å²) >= 11 is 0. The van der Waals surface area contributed by atoms with Crippen molar-refractivity contribution < 1.29 is 18.0 Å². The number of nitrogens with zero attached hydrogens (tertiary/aromatic N) is 2. The van der Waals surface area contributed by atoms with E-state index in [0.29, 0.717) is 13.1 Å². The molecule has 1 N–H and O–H groups in total. The molecule has 3 rings (SSSR count). The van der Waals surface area contributed by atoms with E-state index < -0.39 is 11.7 Å². The van der Waals surface area contributed by atoms with Gasteiger partial charge in [0.2, 0.25) is 5.91 Å². The van der Waals surface area contributed by atoms with Crippen LogP contribution in [0.25, 0.3) is 0 Å². The number of carbonyl (C=O) groups is 1. The Labute approximate surface area is 152 Å². The van der Waals surface area contributed by atoms with E-state index >= 15 is 0 Å². The second-order valence-electron chi connectivity index (χ2n) is 7.15. The summed E-state index contributed by atoms with van der Waals surface area (Å²) in [4.78, 5) is 16.8. The van der Waals surface area contributed by atoms with Crippen molar-refractivity contribution in [2.45, 2.75) is 44.4 Å². The second kappa shape index (κ2) is 8.39. The fourth-order valence-corrected chi connectivity index (χ4v) is 3.69. The fraction of sp³-hybridized carbons (Fsp3) is 0.632. The van der Waals surface area contributed by atoms with Gasteiger partial charge in [-0.1, -0.05) is 18.6 Å². The first kappa shape index (κ1) is 19.2. The van der Waals surface area contributed by atoms with Gasteiger partial charge in [0.1, 0.15) is 0 Å². The normalized spacial score (nSPS) is 22.9. The average Bonchev–Trinajstić information content (AvgIpc) is 2.87. The van der Waals surface area contributed by atoms with Crippen molar-refractivity contribution in [1.82, 2.24) is 15.1 Å². The maximum atomic E-state index is 12.7. The predicted molar refractivity (Wildman–Crippen MR) is 93.6 cm³/mol. The van der Waals surface area contributed by atoms with Crippen LogP contribution in [0.1, 0.15) is 36.8 Å². The molecule has 26 heavy (non-hydrogen) atoms. The molecule has 0 unspecified atom stereocenters. The summed E-state index contributed by atoms with van der Waals surface area (Å²) in [6, 6.07) is 5.31. The second-order valence-corrected chi connectivity index (χ2v) is 7.15. The van der Waals surface area contributed by atoms with Crippen molar-refractivity contribution in [3.05, 3.63) is 35.4 Å². The zero-order valence-corrected chi connectivity index (χ0v) is 14.9. The Balaban J connectivity index is 1.52. The van der Waals surface area contributed by atoms with Gasteiger partial charge in [0.25, 0.3) is 0 Å². The molecule has 1 aromatic carbocycles. The Morgan fingerprint density at radius 3 is 2.46 bits per heavy atom. The minimum Gasteiger partial charge on any atom is -0.340 e. The van der Waals surface area contributed by atoms with E-state index in [1.807, 2.05) is 4.90 Å². The Morgan fingerprint density at radius 2 is 1.81 bits per heavy atom. The number of halogens is 3. The third kappa shape index (κ3) is 4.98. The zero-order valence-electron chi connectivity index (χ0n) is 14.9. The predicted octanol–water partition coefficient (Wildman–Crippen LogP) is 2.88. The van der Waals surface area contributed by atoms with Gasteiger partial charge in [-0.05, 0) is 43.5 Å². The van der Waals surface area contributed by atoms with Crippen molar-refractivity contribution >= 4 is 5.91 Å². The lowest BCUT2D eigenvalue weighted by Gasteiger charge is -2.29. The fourth-order valence-electron chi connectivity index (χ4n) is 3.69. The van der Waals surface area contributed by atoms with Crippen LogP contribution in [-0.2, 0) is 17.5 Å². The van der Waals surface area contributed by atoms with E-state index in [-0.39, 0.29) is 11.9 Å². The number of alkyl halides is 3. The van der Waals surface area contributed by atoms with Gasteiger partial charge < -0.3 is 10.2 Å². The van der Waals surface area contributed by atoms with E-state index in [2.05, 4.69) is 10.2 Å². The van der Waals surface area contributed by atoms with Gasteiger partial charge in [-0.2, -0.15) is 13.2 Å². The van der Waals surface area contributed by atoms with Crippen molar-refractivity contribution in [2.75, 3.05) is 32.7 Å². The lowest BCUT2D eigenvalue weighted by molar-refractivity contribution is -0.137. The highest BCUT2D eigenvalue weighted by Gasteiger charge is 2.30. The minimum atomic E-state index is -4.30. The lowest BCUT2D eigenvalue weighted by Crippen LogP contribution is -2.49. The molecule has 2 aliphatic rings. The maximum Gasteiger partial charge on any atom is 0.416 e. The van der Waals surface area contributed by atoms with E-state index in [4.69, 9.17) is 0 Å². The molecule has 2 saturated heterocycles. The monoisotopic (exact) mass is 369 g/mol. The van der Waals surface area contributed by atoms with Crippen molar-refractivity contribution in [3.8, 4) is 0 Å². The third-order valence-electron chi connectivity index (χ3n) is 5.20. The van der Waals surface area contributed by atoms with Crippen LogP contribution < -0.4 is 5.32 Å². The molecular formula is C19H26F3N3O. The molecule has 2 aliphatic heterocycles.